The van der Waals surface area contributed by atoms with E-state index in [0.29, 0.717) is 43.1 Å². The minimum Gasteiger partial charge on any atom is -0.393 e. The zero-order chi connectivity index (χ0) is 21.1. The zero-order valence-electron chi connectivity index (χ0n) is 16.7. The Balaban J connectivity index is 1.71. The van der Waals surface area contributed by atoms with Crippen LogP contribution in [0, 0.1) is 6.92 Å². The predicted molar refractivity (Wildman–Crippen MR) is 115 cm³/mol. The van der Waals surface area contributed by atoms with Crippen LogP contribution >= 0.6 is 0 Å². The Morgan fingerprint density at radius 3 is 2.43 bits per heavy atom. The number of anilines is 3. The fraction of sp³-hybridized carbons (Fsp3) is 0.333. The van der Waals surface area contributed by atoms with E-state index < -0.39 is 10.0 Å². The summed E-state index contributed by atoms with van der Waals surface area (Å²) in [7, 11) is -3.82. The lowest BCUT2D eigenvalue weighted by Crippen LogP contribution is -2.43. The number of aliphatic hydroxyl groups is 1. The minimum absolute atomic E-state index is 0.221. The first-order valence-electron chi connectivity index (χ1n) is 9.97. The number of aliphatic hydroxyl groups excluding tert-OH is 1. The van der Waals surface area contributed by atoms with Crippen LogP contribution in [0.25, 0.3) is 0 Å². The average Bonchev–Trinajstić information content (AvgIpc) is 3.15. The second kappa shape index (κ2) is 8.45. The van der Waals surface area contributed by atoms with E-state index >= 15 is 0 Å². The topological polar surface area (TPSA) is 111 Å². The summed E-state index contributed by atoms with van der Waals surface area (Å²) in [6.45, 7) is 1.90. The molecule has 30 heavy (non-hydrogen) atoms. The number of aryl methyl sites for hydroxylation is 1. The van der Waals surface area contributed by atoms with Gasteiger partial charge in [-0.15, -0.1) is 0 Å². The summed E-state index contributed by atoms with van der Waals surface area (Å²) in [4.78, 5) is 4.80. The molecule has 9 heteroatoms. The van der Waals surface area contributed by atoms with Crippen LogP contribution in [-0.2, 0) is 10.0 Å². The number of benzene rings is 1. The highest BCUT2D eigenvalue weighted by molar-refractivity contribution is 7.92. The van der Waals surface area contributed by atoms with E-state index in [1.807, 2.05) is 13.0 Å². The fourth-order valence-corrected chi connectivity index (χ4v) is 5.41. The molecule has 8 nitrogen and oxygen atoms in total. The Morgan fingerprint density at radius 1 is 1.03 bits per heavy atom. The van der Waals surface area contributed by atoms with E-state index in [0.717, 1.165) is 5.69 Å². The summed E-state index contributed by atoms with van der Waals surface area (Å²) >= 11 is 0. The van der Waals surface area contributed by atoms with Gasteiger partial charge in [0.15, 0.2) is 5.82 Å². The monoisotopic (exact) mass is 427 g/mol. The number of aromatic nitrogens is 3. The highest BCUT2D eigenvalue weighted by Gasteiger charge is 2.35. The van der Waals surface area contributed by atoms with E-state index in [2.05, 4.69) is 20.5 Å². The van der Waals surface area contributed by atoms with E-state index in [9.17, 15) is 13.5 Å². The van der Waals surface area contributed by atoms with Crippen LogP contribution in [0.1, 0.15) is 31.4 Å². The number of rotatable bonds is 6. The van der Waals surface area contributed by atoms with Gasteiger partial charge in [0, 0.05) is 17.8 Å². The molecule has 1 aliphatic rings. The Morgan fingerprint density at radius 2 is 1.77 bits per heavy atom. The lowest BCUT2D eigenvalue weighted by atomic mass is 9.93. The minimum atomic E-state index is -3.82. The lowest BCUT2D eigenvalue weighted by molar-refractivity contribution is 0.124. The van der Waals surface area contributed by atoms with Gasteiger partial charge in [-0.3, -0.25) is 5.10 Å². The third kappa shape index (κ3) is 4.31. The molecule has 3 aromatic rings. The van der Waals surface area contributed by atoms with Crippen molar-refractivity contribution in [3.63, 3.8) is 0 Å². The highest BCUT2D eigenvalue weighted by atomic mass is 32.2. The number of nitrogens with zero attached hydrogens (tertiary/aromatic N) is 3. The van der Waals surface area contributed by atoms with E-state index in [4.69, 9.17) is 0 Å². The largest absolute Gasteiger partial charge is 0.393 e. The highest BCUT2D eigenvalue weighted by Crippen LogP contribution is 2.32. The van der Waals surface area contributed by atoms with Gasteiger partial charge >= 0.3 is 0 Å². The van der Waals surface area contributed by atoms with Crippen molar-refractivity contribution in [3.8, 4) is 0 Å². The molecule has 2 aromatic heterocycles. The van der Waals surface area contributed by atoms with Gasteiger partial charge in [-0.05, 0) is 56.9 Å². The number of sulfonamides is 1. The maximum Gasteiger partial charge on any atom is 0.265 e. The molecule has 0 unspecified atom stereocenters. The fourth-order valence-electron chi connectivity index (χ4n) is 3.73. The molecular formula is C21H25N5O3S. The van der Waals surface area contributed by atoms with E-state index in [-0.39, 0.29) is 17.0 Å². The van der Waals surface area contributed by atoms with E-state index in [1.165, 1.54) is 4.31 Å². The van der Waals surface area contributed by atoms with Gasteiger partial charge < -0.3 is 10.4 Å². The van der Waals surface area contributed by atoms with Gasteiger partial charge in [0.25, 0.3) is 10.0 Å². The molecule has 1 fully saturated rings. The number of nitrogens with one attached hydrogen (secondary N) is 2. The van der Waals surface area contributed by atoms with Crippen LogP contribution in [0.2, 0.25) is 0 Å². The molecular weight excluding hydrogens is 402 g/mol. The number of aromatic amines is 1. The molecule has 158 valence electrons. The Hall–Kier alpha value is -2.91. The Kier molecular flexibility index (Phi) is 5.74. The van der Waals surface area contributed by atoms with Gasteiger partial charge in [0.05, 0.1) is 11.0 Å². The molecule has 1 aromatic carbocycles. The number of pyridine rings is 1. The molecule has 0 aliphatic heterocycles. The van der Waals surface area contributed by atoms with Gasteiger partial charge in [0.2, 0.25) is 0 Å². The zero-order valence-corrected chi connectivity index (χ0v) is 17.5. The summed E-state index contributed by atoms with van der Waals surface area (Å²) in [5.74, 6) is 1.45. The molecule has 0 atom stereocenters. The molecule has 0 amide bonds. The van der Waals surface area contributed by atoms with E-state index in [1.54, 1.807) is 48.5 Å². The lowest BCUT2D eigenvalue weighted by Gasteiger charge is -2.35. The van der Waals surface area contributed by atoms with Crippen molar-refractivity contribution in [2.24, 2.45) is 0 Å². The molecule has 1 saturated carbocycles. The quantitative estimate of drug-likeness (QED) is 0.556. The molecule has 0 bridgehead atoms. The second-order valence-corrected chi connectivity index (χ2v) is 9.33. The molecule has 3 N–H and O–H groups in total. The molecule has 4 rings (SSSR count). The maximum atomic E-state index is 13.6. The number of H-pyrrole nitrogens is 1. The number of hydrogen-bond donors (Lipinski definition) is 3. The smallest absolute Gasteiger partial charge is 0.265 e. The van der Waals surface area contributed by atoms with Crippen LogP contribution in [-0.4, -0.2) is 40.9 Å². The van der Waals surface area contributed by atoms with Gasteiger partial charge in [-0.25, -0.2) is 17.7 Å². The molecule has 2 heterocycles. The third-order valence-electron chi connectivity index (χ3n) is 5.22. The second-order valence-electron chi connectivity index (χ2n) is 7.52. The van der Waals surface area contributed by atoms with Gasteiger partial charge in [-0.1, -0.05) is 24.3 Å². The van der Waals surface area contributed by atoms with Crippen molar-refractivity contribution < 1.29 is 13.5 Å². The van der Waals surface area contributed by atoms with Crippen molar-refractivity contribution in [1.82, 2.24) is 15.2 Å². The normalized spacial score (nSPS) is 19.4. The van der Waals surface area contributed by atoms with Crippen LogP contribution in [0.3, 0.4) is 0 Å². The van der Waals surface area contributed by atoms with Crippen molar-refractivity contribution >= 4 is 27.5 Å². The van der Waals surface area contributed by atoms with Gasteiger partial charge in [0.1, 0.15) is 11.6 Å². The Bertz CT molecular complexity index is 1090. The first kappa shape index (κ1) is 20.4. The first-order valence-corrected chi connectivity index (χ1v) is 11.4. The number of hydrogen-bond acceptors (Lipinski definition) is 6. The summed E-state index contributed by atoms with van der Waals surface area (Å²) in [6, 6.07) is 15.2. The summed E-state index contributed by atoms with van der Waals surface area (Å²) in [5.41, 5.74) is 0.905. The SMILES string of the molecule is Cc1cc(Nc2cccc(N(C3CCC(O)CC3)S(=O)(=O)c3ccccc3)n2)n[nH]1. The standard InChI is InChI=1S/C21H25N5O3S/c1-15-14-20(25-24-15)22-19-8-5-9-21(23-19)26(16-10-12-17(27)13-11-16)30(28,29)18-6-3-2-4-7-18/h2-9,14,16-17,27H,10-13H2,1H3,(H2,22,23,24,25). The van der Waals surface area contributed by atoms with Crippen molar-refractivity contribution in [2.45, 2.75) is 49.6 Å². The molecule has 0 spiro atoms. The van der Waals surface area contributed by atoms with Crippen molar-refractivity contribution in [3.05, 3.63) is 60.3 Å². The molecule has 0 saturated heterocycles. The molecule has 0 radical (unpaired) electrons. The molecule has 1 aliphatic carbocycles. The van der Waals surface area contributed by atoms with Crippen LogP contribution < -0.4 is 9.62 Å². The summed E-state index contributed by atoms with van der Waals surface area (Å²) < 4.78 is 28.6. The first-order chi connectivity index (χ1) is 14.4. The Labute approximate surface area is 176 Å². The maximum absolute atomic E-state index is 13.6. The van der Waals surface area contributed by atoms with Crippen LogP contribution in [0.5, 0.6) is 0 Å². The third-order valence-corrected chi connectivity index (χ3v) is 7.09. The van der Waals surface area contributed by atoms with Crippen LogP contribution in [0.15, 0.2) is 59.5 Å². The van der Waals surface area contributed by atoms with Gasteiger partial charge in [-0.2, -0.15) is 5.10 Å². The van der Waals surface area contributed by atoms with Crippen LogP contribution in [0.4, 0.5) is 17.5 Å². The van der Waals surface area contributed by atoms with Crippen molar-refractivity contribution in [1.29, 1.82) is 0 Å². The average molecular weight is 428 g/mol. The van der Waals surface area contributed by atoms with Crippen molar-refractivity contribution in [2.75, 3.05) is 9.62 Å². The summed E-state index contributed by atoms with van der Waals surface area (Å²) in [6.07, 6.45) is 1.90. The predicted octanol–water partition coefficient (Wildman–Crippen LogP) is 3.36. The summed E-state index contributed by atoms with van der Waals surface area (Å²) in [5, 5.41) is 20.0.